The van der Waals surface area contributed by atoms with Crippen LogP contribution < -0.4 is 24.6 Å². The van der Waals surface area contributed by atoms with Gasteiger partial charge >= 0.3 is 0 Å². The van der Waals surface area contributed by atoms with Crippen LogP contribution in [0.5, 0.6) is 5.88 Å². The van der Waals surface area contributed by atoms with Gasteiger partial charge in [0.05, 0.1) is 64.0 Å². The van der Waals surface area contributed by atoms with E-state index in [-0.39, 0.29) is 52.1 Å². The van der Waals surface area contributed by atoms with Crippen molar-refractivity contribution in [3.05, 3.63) is 106 Å². The number of pyridine rings is 1. The van der Waals surface area contributed by atoms with Crippen molar-refractivity contribution in [2.75, 3.05) is 67.7 Å². The van der Waals surface area contributed by atoms with E-state index in [4.69, 9.17) is 14.2 Å². The number of nitro groups is 1. The number of fused-ring (bicyclic) bond motifs is 3. The van der Waals surface area contributed by atoms with Crippen LogP contribution in [-0.2, 0) is 19.5 Å². The van der Waals surface area contributed by atoms with Gasteiger partial charge in [-0.3, -0.25) is 19.8 Å². The monoisotopic (exact) mass is 992 g/mol. The molecule has 0 bridgehead atoms. The van der Waals surface area contributed by atoms with Crippen molar-refractivity contribution in [2.24, 2.45) is 11.3 Å². The average molecular weight is 993 g/mol. The number of hydrogen-bond donors (Lipinski definition) is 4. The van der Waals surface area contributed by atoms with E-state index in [9.17, 15) is 28.4 Å². The van der Waals surface area contributed by atoms with E-state index < -0.39 is 55.0 Å². The number of nitrogens with one attached hydrogen (secondary N) is 3. The summed E-state index contributed by atoms with van der Waals surface area (Å²) in [5.74, 6) is -1.08. The Kier molecular flexibility index (Phi) is 12.5. The molecule has 2 saturated carbocycles. The number of nitrogens with zero attached hydrogens (tertiary/aromatic N) is 5. The number of ether oxygens (including phenoxy) is 3. The molecule has 11 rings (SSSR count). The zero-order valence-electron chi connectivity index (χ0n) is 40.1. The first-order valence-corrected chi connectivity index (χ1v) is 26.4. The topological polar surface area (TPSA) is 205 Å². The van der Waals surface area contributed by atoms with Crippen LogP contribution in [0.3, 0.4) is 0 Å². The number of piperidine rings is 1. The van der Waals surface area contributed by atoms with Crippen LogP contribution in [0.2, 0.25) is 0 Å². The van der Waals surface area contributed by atoms with Gasteiger partial charge in [-0.15, -0.1) is 0 Å². The molecule has 2 aromatic heterocycles. The predicted octanol–water partition coefficient (Wildman–Crippen LogP) is 7.90. The highest BCUT2D eigenvalue weighted by molar-refractivity contribution is 7.90. The molecular formula is C52H61FN8O9S. The van der Waals surface area contributed by atoms with Gasteiger partial charge in [0.25, 0.3) is 21.6 Å². The van der Waals surface area contributed by atoms with Crippen molar-refractivity contribution in [1.29, 1.82) is 0 Å². The first-order chi connectivity index (χ1) is 34.1. The number of nitro benzene ring substituents is 1. The van der Waals surface area contributed by atoms with Crippen molar-refractivity contribution in [3.63, 3.8) is 0 Å². The lowest BCUT2D eigenvalue weighted by Gasteiger charge is -2.57. The van der Waals surface area contributed by atoms with E-state index >= 15 is 4.39 Å². The van der Waals surface area contributed by atoms with Crippen molar-refractivity contribution in [3.8, 4) is 5.88 Å². The van der Waals surface area contributed by atoms with Crippen molar-refractivity contribution in [1.82, 2.24) is 19.6 Å². The van der Waals surface area contributed by atoms with Gasteiger partial charge in [-0.1, -0.05) is 24.3 Å². The second kappa shape index (κ2) is 18.6. The van der Waals surface area contributed by atoms with Crippen LogP contribution in [0, 0.1) is 34.2 Å². The third kappa shape index (κ3) is 9.19. The van der Waals surface area contributed by atoms with Crippen molar-refractivity contribution in [2.45, 2.75) is 106 Å². The summed E-state index contributed by atoms with van der Waals surface area (Å²) in [5.41, 5.74) is 3.73. The summed E-state index contributed by atoms with van der Waals surface area (Å²) in [5, 5.41) is 26.1. The Hall–Kier alpha value is -5.86. The van der Waals surface area contributed by atoms with E-state index in [0.717, 1.165) is 76.5 Å². The van der Waals surface area contributed by atoms with Gasteiger partial charge in [-0.25, -0.2) is 17.5 Å². The Labute approximate surface area is 412 Å². The minimum Gasteiger partial charge on any atom is -0.468 e. The number of carbonyl (C=O) groups excluding carboxylic acids is 1. The number of amides is 1. The number of carbonyl (C=O) groups is 1. The number of H-pyrrole nitrogens is 1. The third-order valence-electron chi connectivity index (χ3n) is 16.4. The number of halogens is 1. The van der Waals surface area contributed by atoms with Gasteiger partial charge in [0.1, 0.15) is 28.9 Å². The molecule has 0 unspecified atom stereocenters. The van der Waals surface area contributed by atoms with Crippen LogP contribution in [-0.4, -0.2) is 116 Å². The number of anilines is 4. The number of aryl methyl sites for hydroxylation is 1. The number of rotatable bonds is 11. The van der Waals surface area contributed by atoms with E-state index in [1.165, 1.54) is 29.5 Å². The summed E-state index contributed by atoms with van der Waals surface area (Å²) in [6.45, 7) is 8.88. The average Bonchev–Trinajstić information content (AvgIpc) is 3.72. The second-order valence-corrected chi connectivity index (χ2v) is 22.6. The number of sulfonamides is 1. The lowest BCUT2D eigenvalue weighted by atomic mass is 9.59. The molecule has 2 aliphatic carbocycles. The number of benzene rings is 3. The van der Waals surface area contributed by atoms with E-state index in [1.807, 2.05) is 17.0 Å². The van der Waals surface area contributed by atoms with Crippen molar-refractivity contribution < 1.29 is 41.8 Å². The lowest BCUT2D eigenvalue weighted by molar-refractivity contribution is -0.384. The molecule has 4 aliphatic heterocycles. The quantitative estimate of drug-likeness (QED) is 0.0734. The highest BCUT2D eigenvalue weighted by atomic mass is 32.2. The van der Waals surface area contributed by atoms with Gasteiger partial charge in [-0.2, -0.15) is 4.98 Å². The van der Waals surface area contributed by atoms with Crippen LogP contribution in [0.25, 0.3) is 11.0 Å². The molecular weight excluding hydrogens is 932 g/mol. The standard InChI is InChI=1S/C52H61FN8O9S/c1-32-5-3-4-6-37(32)46-30-69-22-20-59(46)35-26-52(27-35)16-18-58(19-17-52)34-7-9-38(43(23-34)60-42-13-21-68-31-47(42)70-50-45(60)25-39-40(53)29-55-48(39)56-50)49(62)57-71(66,67)36-8-10-41(44(24-36)61(64)65)54-28-33-11-14-51(2,63)15-12-33/h3-10,23-25,29,33,35,42,46-47,54,63H,11-22,26-28,30-31H2,1-2H3,(H,55,56)(H,57,62)/t33?,42-,46-,47-,51?/m0/s1. The molecule has 17 nitrogen and oxygen atoms in total. The molecule has 1 amide bonds. The summed E-state index contributed by atoms with van der Waals surface area (Å²) in [7, 11) is -4.67. The van der Waals surface area contributed by atoms with Gasteiger partial charge in [0, 0.05) is 56.8 Å². The predicted molar refractivity (Wildman–Crippen MR) is 265 cm³/mol. The summed E-state index contributed by atoms with van der Waals surface area (Å²) in [6.07, 6.45) is 8.11. The largest absolute Gasteiger partial charge is 0.468 e. The van der Waals surface area contributed by atoms with Gasteiger partial charge < -0.3 is 39.4 Å². The van der Waals surface area contributed by atoms with Gasteiger partial charge in [-0.05, 0) is 130 Å². The maximum atomic E-state index is 15.3. The fourth-order valence-corrected chi connectivity index (χ4v) is 13.2. The number of aliphatic hydroxyl groups is 1. The zero-order valence-corrected chi connectivity index (χ0v) is 40.9. The van der Waals surface area contributed by atoms with Crippen LogP contribution >= 0.6 is 0 Å². The SMILES string of the molecule is Cc1ccccc1[C@@H]1COCCN1C1CC2(CCN(c3ccc(C(=O)NS(=O)(=O)c4ccc(NCC5CCC(C)(O)CC5)c([N+](=O)[O-])c4)c(N4c5cc6c(F)c[nH]c6nc5O[C@H]5COCC[C@@H]54)c3)CC2)C1. The molecule has 3 aromatic carbocycles. The Morgan fingerprint density at radius 2 is 1.75 bits per heavy atom. The number of morpholine rings is 1. The Morgan fingerprint density at radius 3 is 2.52 bits per heavy atom. The van der Waals surface area contributed by atoms with Gasteiger partial charge in [0.2, 0.25) is 5.88 Å². The normalized spacial score (nSPS) is 25.7. The Bertz CT molecular complexity index is 2960. The van der Waals surface area contributed by atoms with Crippen LogP contribution in [0.4, 0.5) is 32.8 Å². The number of aromatic amines is 1. The molecule has 6 aliphatic rings. The smallest absolute Gasteiger partial charge is 0.293 e. The summed E-state index contributed by atoms with van der Waals surface area (Å²) in [6, 6.07) is 19.4. The van der Waals surface area contributed by atoms with E-state index in [0.29, 0.717) is 56.4 Å². The number of hydrogen-bond acceptors (Lipinski definition) is 14. The van der Waals surface area contributed by atoms with Gasteiger partial charge in [0.15, 0.2) is 0 Å². The maximum Gasteiger partial charge on any atom is 0.293 e. The molecule has 5 fully saturated rings. The molecule has 376 valence electrons. The Balaban J connectivity index is 0.877. The highest BCUT2D eigenvalue weighted by Crippen LogP contribution is 2.54. The minimum atomic E-state index is -4.67. The number of aromatic nitrogens is 2. The lowest BCUT2D eigenvalue weighted by Crippen LogP contribution is -2.58. The highest BCUT2D eigenvalue weighted by Gasteiger charge is 2.50. The molecule has 5 aromatic rings. The molecule has 1 spiro atoms. The van der Waals surface area contributed by atoms with E-state index in [2.05, 4.69) is 61.0 Å². The van der Waals surface area contributed by atoms with Crippen molar-refractivity contribution >= 4 is 55.4 Å². The minimum absolute atomic E-state index is 0.0216. The fraction of sp³-hybridized carbons (Fsp3) is 0.500. The third-order valence-corrected chi connectivity index (χ3v) is 17.7. The van der Waals surface area contributed by atoms with Crippen LogP contribution in [0.1, 0.15) is 92.2 Å². The molecule has 19 heteroatoms. The maximum absolute atomic E-state index is 15.3. The zero-order chi connectivity index (χ0) is 49.2. The summed E-state index contributed by atoms with van der Waals surface area (Å²) < 4.78 is 64.1. The first-order valence-electron chi connectivity index (χ1n) is 25.0. The molecule has 3 atom stereocenters. The molecule has 4 N–H and O–H groups in total. The molecule has 3 saturated heterocycles. The molecule has 6 heterocycles. The fourth-order valence-electron chi connectivity index (χ4n) is 12.2. The van der Waals surface area contributed by atoms with Crippen LogP contribution in [0.15, 0.2) is 77.8 Å². The summed E-state index contributed by atoms with van der Waals surface area (Å²) >= 11 is 0. The second-order valence-electron chi connectivity index (χ2n) is 20.9. The van der Waals surface area contributed by atoms with E-state index in [1.54, 1.807) is 19.1 Å². The Morgan fingerprint density at radius 1 is 0.972 bits per heavy atom. The molecule has 71 heavy (non-hydrogen) atoms. The first kappa shape index (κ1) is 47.5. The molecule has 0 radical (unpaired) electrons. The summed E-state index contributed by atoms with van der Waals surface area (Å²) in [4.78, 5) is 40.3.